The van der Waals surface area contributed by atoms with Gasteiger partial charge in [0.05, 0.1) is 5.56 Å². The Labute approximate surface area is 134 Å². The van der Waals surface area contributed by atoms with Gasteiger partial charge in [0, 0.05) is 19.1 Å². The summed E-state index contributed by atoms with van der Waals surface area (Å²) in [6, 6.07) is 10.5. The fraction of sp³-hybridized carbons (Fsp3) is 0.389. The Kier molecular flexibility index (Phi) is 3.58. The van der Waals surface area contributed by atoms with Crippen LogP contribution in [0.3, 0.4) is 0 Å². The van der Waals surface area contributed by atoms with E-state index in [0.717, 1.165) is 19.5 Å². The predicted octanol–water partition coefficient (Wildman–Crippen LogP) is 2.48. The molecule has 2 aromatic rings. The molecular weight excluding hydrogens is 292 g/mol. The number of amides is 1. The molecule has 1 amide bonds. The second kappa shape index (κ2) is 5.74. The lowest BCUT2D eigenvalue weighted by Crippen LogP contribution is -2.46. The zero-order chi connectivity index (χ0) is 15.8. The standard InChI is InChI=1S/C18H20N2O3/c21-15-4-2-1-3-14(15)16-5-6-17(23-16)18(22)19-13-9-12-7-8-20(10-12)11-13/h1-6,12-13,21H,7-11H2,(H,19,22). The third-order valence-electron chi connectivity index (χ3n) is 4.80. The van der Waals surface area contributed by atoms with E-state index in [9.17, 15) is 9.90 Å². The van der Waals surface area contributed by atoms with Crippen LogP contribution in [0.1, 0.15) is 23.4 Å². The highest BCUT2D eigenvalue weighted by molar-refractivity contribution is 5.92. The number of furan rings is 1. The topological polar surface area (TPSA) is 65.7 Å². The number of nitrogens with zero attached hydrogens (tertiary/aromatic N) is 1. The number of phenolic OH excluding ortho intramolecular Hbond substituents is 1. The first-order valence-corrected chi connectivity index (χ1v) is 8.10. The minimum absolute atomic E-state index is 0.144. The van der Waals surface area contributed by atoms with Crippen LogP contribution in [-0.4, -0.2) is 41.6 Å². The van der Waals surface area contributed by atoms with Crippen molar-refractivity contribution in [3.8, 4) is 17.1 Å². The minimum Gasteiger partial charge on any atom is -0.507 e. The highest BCUT2D eigenvalue weighted by Gasteiger charge is 2.33. The first-order valence-electron chi connectivity index (χ1n) is 8.10. The van der Waals surface area contributed by atoms with Crippen LogP contribution in [0, 0.1) is 5.92 Å². The van der Waals surface area contributed by atoms with Crippen LogP contribution in [0.15, 0.2) is 40.8 Å². The zero-order valence-corrected chi connectivity index (χ0v) is 12.9. The molecule has 3 unspecified atom stereocenters. The van der Waals surface area contributed by atoms with E-state index in [4.69, 9.17) is 4.42 Å². The lowest BCUT2D eigenvalue weighted by molar-refractivity contribution is 0.0882. The van der Waals surface area contributed by atoms with Gasteiger partial charge in [0.25, 0.3) is 5.91 Å². The molecule has 2 fully saturated rings. The van der Waals surface area contributed by atoms with Crippen LogP contribution in [0.5, 0.6) is 5.75 Å². The molecule has 4 rings (SSSR count). The molecule has 0 saturated carbocycles. The number of benzene rings is 1. The molecule has 2 aliphatic rings. The fourth-order valence-corrected chi connectivity index (χ4v) is 3.71. The first kappa shape index (κ1) is 14.3. The van der Waals surface area contributed by atoms with Gasteiger partial charge in [-0.25, -0.2) is 0 Å². The van der Waals surface area contributed by atoms with Crippen LogP contribution in [0.2, 0.25) is 0 Å². The van der Waals surface area contributed by atoms with E-state index in [1.54, 1.807) is 30.3 Å². The van der Waals surface area contributed by atoms with Crippen molar-refractivity contribution in [2.45, 2.75) is 18.9 Å². The maximum absolute atomic E-state index is 12.4. The van der Waals surface area contributed by atoms with Gasteiger partial charge in [-0.05, 0) is 49.6 Å². The van der Waals surface area contributed by atoms with Gasteiger partial charge in [-0.2, -0.15) is 0 Å². The molecule has 3 atom stereocenters. The van der Waals surface area contributed by atoms with Crippen LogP contribution < -0.4 is 5.32 Å². The molecule has 1 aromatic heterocycles. The summed E-state index contributed by atoms with van der Waals surface area (Å²) in [7, 11) is 0. The van der Waals surface area contributed by atoms with Gasteiger partial charge in [-0.15, -0.1) is 0 Å². The van der Waals surface area contributed by atoms with Crippen LogP contribution in [0.4, 0.5) is 0 Å². The Bertz CT molecular complexity index is 713. The van der Waals surface area contributed by atoms with Crippen molar-refractivity contribution in [2.24, 2.45) is 5.92 Å². The summed E-state index contributed by atoms with van der Waals surface area (Å²) in [5.74, 6) is 1.46. The molecule has 2 bridgehead atoms. The van der Waals surface area contributed by atoms with Gasteiger partial charge in [0.2, 0.25) is 0 Å². The van der Waals surface area contributed by atoms with Crippen molar-refractivity contribution in [1.29, 1.82) is 0 Å². The molecule has 3 heterocycles. The summed E-state index contributed by atoms with van der Waals surface area (Å²) in [6.45, 7) is 3.25. The number of rotatable bonds is 3. The number of phenols is 1. The van der Waals surface area contributed by atoms with E-state index in [2.05, 4.69) is 10.2 Å². The second-order valence-electron chi connectivity index (χ2n) is 6.50. The lowest BCUT2D eigenvalue weighted by Gasteiger charge is -2.30. The second-order valence-corrected chi connectivity index (χ2v) is 6.50. The summed E-state index contributed by atoms with van der Waals surface area (Å²) in [5.41, 5.74) is 0.591. The van der Waals surface area contributed by atoms with Crippen molar-refractivity contribution in [2.75, 3.05) is 19.6 Å². The van der Waals surface area contributed by atoms with Gasteiger partial charge < -0.3 is 19.7 Å². The maximum atomic E-state index is 12.4. The number of hydrogen-bond donors (Lipinski definition) is 2. The van der Waals surface area contributed by atoms with Crippen molar-refractivity contribution < 1.29 is 14.3 Å². The molecule has 5 nitrogen and oxygen atoms in total. The Morgan fingerprint density at radius 2 is 2.09 bits per heavy atom. The average molecular weight is 312 g/mol. The number of aromatic hydroxyl groups is 1. The summed E-state index contributed by atoms with van der Waals surface area (Å²) in [4.78, 5) is 14.8. The largest absolute Gasteiger partial charge is 0.507 e. The maximum Gasteiger partial charge on any atom is 0.287 e. The third-order valence-corrected chi connectivity index (χ3v) is 4.80. The summed E-state index contributed by atoms with van der Waals surface area (Å²) in [6.07, 6.45) is 2.29. The van der Waals surface area contributed by atoms with E-state index >= 15 is 0 Å². The van der Waals surface area contributed by atoms with Crippen LogP contribution >= 0.6 is 0 Å². The quantitative estimate of drug-likeness (QED) is 0.914. The first-order chi connectivity index (χ1) is 11.2. The lowest BCUT2D eigenvalue weighted by atomic mass is 9.97. The Balaban J connectivity index is 1.46. The number of carbonyl (C=O) groups is 1. The van der Waals surface area contributed by atoms with E-state index in [0.29, 0.717) is 17.2 Å². The van der Waals surface area contributed by atoms with Crippen LogP contribution in [-0.2, 0) is 0 Å². The minimum atomic E-state index is -0.181. The average Bonchev–Trinajstić information content (AvgIpc) is 3.15. The SMILES string of the molecule is O=C(NC1CC2CCN(C2)C1)c1ccc(-c2ccccc2O)o1. The molecule has 0 radical (unpaired) electrons. The Hall–Kier alpha value is -2.27. The van der Waals surface area contributed by atoms with E-state index in [1.165, 1.54) is 13.0 Å². The molecule has 0 spiro atoms. The Morgan fingerprint density at radius 1 is 1.22 bits per heavy atom. The molecule has 5 heteroatoms. The normalized spacial score (nSPS) is 26.2. The summed E-state index contributed by atoms with van der Waals surface area (Å²) >= 11 is 0. The Morgan fingerprint density at radius 3 is 2.91 bits per heavy atom. The van der Waals surface area contributed by atoms with Crippen molar-refractivity contribution in [3.05, 3.63) is 42.2 Å². The molecule has 0 aliphatic carbocycles. The van der Waals surface area contributed by atoms with Gasteiger partial charge in [-0.3, -0.25) is 4.79 Å². The summed E-state index contributed by atoms with van der Waals surface area (Å²) in [5, 5.41) is 13.0. The third kappa shape index (κ3) is 2.84. The van der Waals surface area contributed by atoms with E-state index in [1.807, 2.05) is 6.07 Å². The van der Waals surface area contributed by atoms with Gasteiger partial charge in [0.1, 0.15) is 11.5 Å². The molecule has 120 valence electrons. The fourth-order valence-electron chi connectivity index (χ4n) is 3.71. The predicted molar refractivity (Wildman–Crippen MR) is 86.2 cm³/mol. The number of nitrogens with one attached hydrogen (secondary N) is 1. The molecule has 2 saturated heterocycles. The van der Waals surface area contributed by atoms with Crippen molar-refractivity contribution in [3.63, 3.8) is 0 Å². The van der Waals surface area contributed by atoms with Gasteiger partial charge >= 0.3 is 0 Å². The van der Waals surface area contributed by atoms with Gasteiger partial charge in [0.15, 0.2) is 5.76 Å². The summed E-state index contributed by atoms with van der Waals surface area (Å²) < 4.78 is 5.64. The number of carbonyl (C=O) groups excluding carboxylic acids is 1. The highest BCUT2D eigenvalue weighted by atomic mass is 16.4. The zero-order valence-electron chi connectivity index (χ0n) is 12.9. The highest BCUT2D eigenvalue weighted by Crippen LogP contribution is 2.30. The molecule has 2 aliphatic heterocycles. The smallest absolute Gasteiger partial charge is 0.287 e. The van der Waals surface area contributed by atoms with Crippen molar-refractivity contribution in [1.82, 2.24) is 10.2 Å². The molecule has 2 N–H and O–H groups in total. The van der Waals surface area contributed by atoms with Gasteiger partial charge in [-0.1, -0.05) is 12.1 Å². The molecular formula is C18H20N2O3. The monoisotopic (exact) mass is 312 g/mol. The van der Waals surface area contributed by atoms with E-state index in [-0.39, 0.29) is 23.5 Å². The number of fused-ring (bicyclic) bond motifs is 2. The number of piperidine rings is 1. The molecule has 1 aromatic carbocycles. The molecule has 23 heavy (non-hydrogen) atoms. The van der Waals surface area contributed by atoms with Crippen LogP contribution in [0.25, 0.3) is 11.3 Å². The van der Waals surface area contributed by atoms with E-state index < -0.39 is 0 Å². The van der Waals surface area contributed by atoms with Crippen molar-refractivity contribution >= 4 is 5.91 Å². The number of para-hydroxylation sites is 1. The number of hydrogen-bond acceptors (Lipinski definition) is 4.